The molecule has 162 valence electrons. The Morgan fingerprint density at radius 1 is 1.00 bits per heavy atom. The van der Waals surface area contributed by atoms with E-state index in [1.165, 1.54) is 64.2 Å². The molecule has 2 unspecified atom stereocenters. The smallest absolute Gasteiger partial charge is 0.309 e. The summed E-state index contributed by atoms with van der Waals surface area (Å²) < 4.78 is 17.6. The van der Waals surface area contributed by atoms with E-state index in [0.717, 1.165) is 6.54 Å². The predicted molar refractivity (Wildman–Crippen MR) is 110 cm³/mol. The average molecular weight is 396 g/mol. The lowest BCUT2D eigenvalue weighted by Gasteiger charge is -2.36. The third-order valence-corrected chi connectivity index (χ3v) is 7.13. The van der Waals surface area contributed by atoms with Gasteiger partial charge < -0.3 is 14.2 Å². The Balaban J connectivity index is 1.49. The molecule has 5 nitrogen and oxygen atoms in total. The van der Waals surface area contributed by atoms with E-state index in [1.54, 1.807) is 0 Å². The van der Waals surface area contributed by atoms with Crippen molar-refractivity contribution in [2.24, 2.45) is 17.8 Å². The van der Waals surface area contributed by atoms with Gasteiger partial charge in [-0.15, -0.1) is 0 Å². The molecule has 3 fully saturated rings. The van der Waals surface area contributed by atoms with Crippen molar-refractivity contribution in [2.75, 3.05) is 26.8 Å². The lowest BCUT2D eigenvalue weighted by Crippen LogP contribution is -2.37. The summed E-state index contributed by atoms with van der Waals surface area (Å²) in [4.78, 5) is 15.3. The lowest BCUT2D eigenvalue weighted by molar-refractivity contribution is -0.158. The molecule has 1 aliphatic heterocycles. The van der Waals surface area contributed by atoms with E-state index in [-0.39, 0.29) is 24.3 Å². The van der Waals surface area contributed by atoms with Crippen LogP contribution in [0.15, 0.2) is 0 Å². The second kappa shape index (κ2) is 10.9. The molecule has 3 aliphatic rings. The number of ether oxygens (including phenoxy) is 3. The first kappa shape index (κ1) is 22.0. The molecule has 0 spiro atoms. The Labute approximate surface area is 171 Å². The molecule has 0 radical (unpaired) electrons. The number of likely N-dealkylation sites (N-methyl/N-ethyl adjacent to an activating group) is 1. The largest absolute Gasteiger partial charge is 0.463 e. The van der Waals surface area contributed by atoms with Crippen molar-refractivity contribution in [3.05, 3.63) is 0 Å². The zero-order valence-electron chi connectivity index (χ0n) is 18.2. The molecular weight excluding hydrogens is 354 g/mol. The second-order valence-corrected chi connectivity index (χ2v) is 9.51. The highest BCUT2D eigenvalue weighted by Gasteiger charge is 2.38. The number of nitrogens with zero attached hydrogens (tertiary/aromatic N) is 1. The zero-order chi connectivity index (χ0) is 19.9. The fraction of sp³-hybridized carbons (Fsp3) is 0.957. The van der Waals surface area contributed by atoms with Crippen LogP contribution in [0.5, 0.6) is 0 Å². The van der Waals surface area contributed by atoms with Gasteiger partial charge in [-0.2, -0.15) is 0 Å². The Hall–Kier alpha value is -0.650. The molecule has 3 rings (SSSR count). The number of hydrogen-bond donors (Lipinski definition) is 0. The molecule has 0 bridgehead atoms. The lowest BCUT2D eigenvalue weighted by atomic mass is 9.69. The van der Waals surface area contributed by atoms with Gasteiger partial charge >= 0.3 is 5.97 Å². The molecule has 2 aliphatic carbocycles. The second-order valence-electron chi connectivity index (χ2n) is 9.51. The minimum absolute atomic E-state index is 0.0325. The van der Waals surface area contributed by atoms with Gasteiger partial charge in [-0.3, -0.25) is 9.69 Å². The molecule has 0 aromatic rings. The molecule has 2 atom stereocenters. The summed E-state index contributed by atoms with van der Waals surface area (Å²) in [5.41, 5.74) is 0. The molecule has 28 heavy (non-hydrogen) atoms. The maximum atomic E-state index is 13.1. The SMILES string of the molecule is CC(C)N(C)CC1OCC(COC(=O)C(C2CCCCC2)C2CCCCC2)O1. The van der Waals surface area contributed by atoms with Gasteiger partial charge in [0.15, 0.2) is 6.29 Å². The van der Waals surface area contributed by atoms with Crippen molar-refractivity contribution < 1.29 is 19.0 Å². The van der Waals surface area contributed by atoms with E-state index < -0.39 is 0 Å². The molecule has 0 aromatic heterocycles. The van der Waals surface area contributed by atoms with E-state index in [1.807, 2.05) is 0 Å². The molecule has 0 amide bonds. The van der Waals surface area contributed by atoms with E-state index in [2.05, 4.69) is 25.8 Å². The van der Waals surface area contributed by atoms with Crippen LogP contribution in [0.2, 0.25) is 0 Å². The monoisotopic (exact) mass is 395 g/mol. The first-order valence-corrected chi connectivity index (χ1v) is 11.7. The van der Waals surface area contributed by atoms with Crippen LogP contribution >= 0.6 is 0 Å². The Morgan fingerprint density at radius 2 is 1.57 bits per heavy atom. The van der Waals surface area contributed by atoms with Crippen molar-refractivity contribution >= 4 is 5.97 Å². The Kier molecular flexibility index (Phi) is 8.61. The Morgan fingerprint density at radius 3 is 2.11 bits per heavy atom. The van der Waals surface area contributed by atoms with Gasteiger partial charge in [0.05, 0.1) is 12.5 Å². The predicted octanol–water partition coefficient (Wildman–Crippen LogP) is 4.39. The summed E-state index contributed by atoms with van der Waals surface area (Å²) >= 11 is 0. The quantitative estimate of drug-likeness (QED) is 0.571. The van der Waals surface area contributed by atoms with Crippen LogP contribution in [0.1, 0.15) is 78.1 Å². The standard InChI is InChI=1S/C23H41NO4/c1-17(2)24(3)14-21-26-15-20(28-21)16-27-23(25)22(18-10-6-4-7-11-18)19-12-8-5-9-13-19/h17-22H,4-16H2,1-3H3. The summed E-state index contributed by atoms with van der Waals surface area (Å²) in [6.07, 6.45) is 12.2. The van der Waals surface area contributed by atoms with Crippen LogP contribution in [0.25, 0.3) is 0 Å². The molecule has 2 saturated carbocycles. The summed E-state index contributed by atoms with van der Waals surface area (Å²) in [7, 11) is 2.07. The summed E-state index contributed by atoms with van der Waals surface area (Å²) in [6, 6.07) is 0.454. The number of hydrogen-bond acceptors (Lipinski definition) is 5. The van der Waals surface area contributed by atoms with Crippen LogP contribution in [0.4, 0.5) is 0 Å². The maximum Gasteiger partial charge on any atom is 0.309 e. The number of esters is 1. The van der Waals surface area contributed by atoms with Crippen LogP contribution < -0.4 is 0 Å². The van der Waals surface area contributed by atoms with Crippen molar-refractivity contribution in [1.82, 2.24) is 4.90 Å². The highest BCUT2D eigenvalue weighted by atomic mass is 16.7. The third kappa shape index (κ3) is 6.17. The minimum Gasteiger partial charge on any atom is -0.463 e. The summed E-state index contributed by atoms with van der Waals surface area (Å²) in [5, 5.41) is 0. The highest BCUT2D eigenvalue weighted by Crippen LogP contribution is 2.40. The van der Waals surface area contributed by atoms with Crippen molar-refractivity contribution in [1.29, 1.82) is 0 Å². The summed E-state index contributed by atoms with van der Waals surface area (Å²) in [6.45, 7) is 5.91. The van der Waals surface area contributed by atoms with Crippen LogP contribution in [-0.2, 0) is 19.0 Å². The number of carbonyl (C=O) groups excluding carboxylic acids is 1. The van der Waals surface area contributed by atoms with Gasteiger partial charge in [-0.05, 0) is 58.4 Å². The molecular formula is C23H41NO4. The maximum absolute atomic E-state index is 13.1. The number of carbonyl (C=O) groups is 1. The van der Waals surface area contributed by atoms with Gasteiger partial charge in [-0.1, -0.05) is 38.5 Å². The molecule has 5 heteroatoms. The normalized spacial score (nSPS) is 27.8. The van der Waals surface area contributed by atoms with Crippen molar-refractivity contribution in [2.45, 2.75) is 96.5 Å². The highest BCUT2D eigenvalue weighted by molar-refractivity contribution is 5.73. The van der Waals surface area contributed by atoms with Crippen LogP contribution in [0, 0.1) is 17.8 Å². The molecule has 0 N–H and O–H groups in total. The number of rotatable bonds is 8. The van der Waals surface area contributed by atoms with E-state index >= 15 is 0 Å². The van der Waals surface area contributed by atoms with E-state index in [4.69, 9.17) is 14.2 Å². The molecule has 1 heterocycles. The zero-order valence-corrected chi connectivity index (χ0v) is 18.2. The summed E-state index contributed by atoms with van der Waals surface area (Å²) in [5.74, 6) is 1.19. The van der Waals surface area contributed by atoms with Crippen LogP contribution in [-0.4, -0.2) is 56.1 Å². The first-order chi connectivity index (χ1) is 13.5. The van der Waals surface area contributed by atoms with Gasteiger partial charge in [0, 0.05) is 12.6 Å². The van der Waals surface area contributed by atoms with E-state index in [0.29, 0.717) is 31.1 Å². The third-order valence-electron chi connectivity index (χ3n) is 7.13. The van der Waals surface area contributed by atoms with Crippen molar-refractivity contribution in [3.8, 4) is 0 Å². The Bertz CT molecular complexity index is 453. The minimum atomic E-state index is -0.219. The van der Waals surface area contributed by atoms with Gasteiger partial charge in [0.2, 0.25) is 0 Å². The molecule has 0 aromatic carbocycles. The van der Waals surface area contributed by atoms with Crippen molar-refractivity contribution in [3.63, 3.8) is 0 Å². The van der Waals surface area contributed by atoms with Gasteiger partial charge in [0.25, 0.3) is 0 Å². The van der Waals surface area contributed by atoms with E-state index in [9.17, 15) is 4.79 Å². The fourth-order valence-electron chi connectivity index (χ4n) is 5.16. The van der Waals surface area contributed by atoms with Gasteiger partial charge in [-0.25, -0.2) is 0 Å². The van der Waals surface area contributed by atoms with Gasteiger partial charge in [0.1, 0.15) is 12.7 Å². The fourth-order valence-corrected chi connectivity index (χ4v) is 5.16. The topological polar surface area (TPSA) is 48.0 Å². The van der Waals surface area contributed by atoms with Crippen LogP contribution in [0.3, 0.4) is 0 Å². The molecule has 1 saturated heterocycles. The average Bonchev–Trinajstić information content (AvgIpc) is 3.15. The first-order valence-electron chi connectivity index (χ1n) is 11.7.